The Hall–Kier alpha value is -5.63. The molecule has 5 aromatic carbocycles. The van der Waals surface area contributed by atoms with Crippen molar-refractivity contribution in [3.05, 3.63) is 163 Å². The summed E-state index contributed by atoms with van der Waals surface area (Å²) in [6, 6.07) is 42.0. The van der Waals surface area contributed by atoms with Gasteiger partial charge in [0.25, 0.3) is 0 Å². The predicted molar refractivity (Wildman–Crippen MR) is 187 cm³/mol. The maximum absolute atomic E-state index is 14.9. The Morgan fingerprint density at radius 2 is 0.878 bits per heavy atom. The van der Waals surface area contributed by atoms with Crippen LogP contribution >= 0.6 is 6.83 Å². The van der Waals surface area contributed by atoms with Crippen LogP contribution in [0.25, 0.3) is 0 Å². The van der Waals surface area contributed by atoms with Gasteiger partial charge in [0.2, 0.25) is 0 Å². The zero-order valence-corrected chi connectivity index (χ0v) is 27.5. The van der Waals surface area contributed by atoms with Crippen LogP contribution in [0.2, 0.25) is 0 Å². The Bertz CT molecular complexity index is 1790. The number of aliphatic carboxylic acids is 1. The van der Waals surface area contributed by atoms with Gasteiger partial charge in [-0.1, -0.05) is 0 Å². The molecule has 3 atom stereocenters. The molecule has 0 spiro atoms. The molecule has 1 unspecified atom stereocenters. The van der Waals surface area contributed by atoms with E-state index < -0.39 is 49.0 Å². The van der Waals surface area contributed by atoms with Crippen molar-refractivity contribution < 1.29 is 43.4 Å². The van der Waals surface area contributed by atoms with Gasteiger partial charge < -0.3 is 0 Å². The van der Waals surface area contributed by atoms with E-state index in [-0.39, 0.29) is 17.3 Å². The number of ether oxygens (including phenoxy) is 2. The number of aliphatic hydroxyl groups excluding tert-OH is 1. The first kappa shape index (κ1) is 34.7. The van der Waals surface area contributed by atoms with Crippen LogP contribution in [0.5, 0.6) is 0 Å². The van der Waals surface area contributed by atoms with E-state index in [1.54, 1.807) is 134 Å². The molecule has 0 amide bonds. The zero-order chi connectivity index (χ0) is 34.9. The summed E-state index contributed by atoms with van der Waals surface area (Å²) >= 11 is 0. The third kappa shape index (κ3) is 7.14. The Balaban J connectivity index is 1.74. The molecule has 0 aliphatic heterocycles. The van der Waals surface area contributed by atoms with Crippen molar-refractivity contribution in [2.45, 2.75) is 25.2 Å². The van der Waals surface area contributed by atoms with Gasteiger partial charge >= 0.3 is 284 Å². The third-order valence-electron chi connectivity index (χ3n) is 8.05. The molecule has 0 bridgehead atoms. The molecular formula is C39H35O9P. The first-order chi connectivity index (χ1) is 23.6. The fourth-order valence-corrected chi connectivity index (χ4v) is 11.8. The van der Waals surface area contributed by atoms with Crippen LogP contribution in [-0.2, 0) is 23.6 Å². The molecule has 9 nitrogen and oxygen atoms in total. The summed E-state index contributed by atoms with van der Waals surface area (Å²) in [4.78, 5) is 54.4. The van der Waals surface area contributed by atoms with Crippen molar-refractivity contribution in [1.29, 1.82) is 0 Å². The predicted octanol–water partition coefficient (Wildman–Crippen LogP) is 4.89. The van der Waals surface area contributed by atoms with Crippen LogP contribution in [0.15, 0.2) is 152 Å². The Morgan fingerprint density at radius 1 is 0.551 bits per heavy atom. The molecule has 250 valence electrons. The van der Waals surface area contributed by atoms with Gasteiger partial charge in [-0.2, -0.15) is 0 Å². The molecule has 0 aliphatic rings. The number of carboxylic acids is 1. The Labute approximate surface area is 283 Å². The molecule has 5 rings (SSSR count). The van der Waals surface area contributed by atoms with E-state index in [0.717, 1.165) is 0 Å². The molecule has 0 heterocycles. The van der Waals surface area contributed by atoms with E-state index in [4.69, 9.17) is 14.0 Å². The van der Waals surface area contributed by atoms with E-state index in [9.17, 15) is 29.4 Å². The molecule has 0 fully saturated rings. The Morgan fingerprint density at radius 3 is 1.20 bits per heavy atom. The average Bonchev–Trinajstić information content (AvgIpc) is 3.14. The Kier molecular flexibility index (Phi) is 10.7. The molecule has 2 N–H and O–H groups in total. The number of hydrogen-bond acceptors (Lipinski definition) is 8. The van der Waals surface area contributed by atoms with Crippen molar-refractivity contribution in [3.8, 4) is 0 Å². The van der Waals surface area contributed by atoms with Gasteiger partial charge in [-0.05, 0) is 0 Å². The van der Waals surface area contributed by atoms with E-state index in [1.807, 2.05) is 0 Å². The average molecular weight is 679 g/mol. The minimum absolute atomic E-state index is 0.0156. The van der Waals surface area contributed by atoms with Gasteiger partial charge in [0.1, 0.15) is 0 Å². The van der Waals surface area contributed by atoms with Crippen LogP contribution < -0.4 is 15.9 Å². The second-order valence-corrected chi connectivity index (χ2v) is 15.9. The first-order valence-corrected chi connectivity index (χ1v) is 17.8. The van der Waals surface area contributed by atoms with Gasteiger partial charge in [-0.25, -0.2) is 0 Å². The second kappa shape index (κ2) is 15.1. The number of esters is 2. The molecule has 49 heavy (non-hydrogen) atoms. The molecule has 0 saturated heterocycles. The summed E-state index contributed by atoms with van der Waals surface area (Å²) in [6.45, 7) is -3.07. The first-order valence-electron chi connectivity index (χ1n) is 15.5. The number of hydrogen-bond donors (Lipinski definition) is 2. The van der Waals surface area contributed by atoms with E-state index in [2.05, 4.69) is 0 Å². The van der Waals surface area contributed by atoms with Crippen LogP contribution in [0.3, 0.4) is 0 Å². The van der Waals surface area contributed by atoms with Gasteiger partial charge in [0, 0.05) is 0 Å². The molecule has 5 aromatic rings. The molecule has 0 radical (unpaired) electrons. The van der Waals surface area contributed by atoms with Crippen LogP contribution in [0.4, 0.5) is 0 Å². The number of carbonyl (C=O) groups is 4. The quantitative estimate of drug-likeness (QED) is 0.132. The third-order valence-corrected chi connectivity index (χ3v) is 14.0. The van der Waals surface area contributed by atoms with Gasteiger partial charge in [-0.15, -0.1) is 0 Å². The second-order valence-electron chi connectivity index (χ2n) is 11.4. The van der Waals surface area contributed by atoms with E-state index in [1.165, 1.54) is 24.3 Å². The molecule has 0 saturated carbocycles. The summed E-state index contributed by atoms with van der Waals surface area (Å²) in [6.07, 6.45) is -5.76. The van der Waals surface area contributed by atoms with Crippen LogP contribution in [0.1, 0.15) is 27.6 Å². The van der Waals surface area contributed by atoms with Crippen molar-refractivity contribution >= 4 is 46.6 Å². The monoisotopic (exact) mass is 678 g/mol. The number of rotatable bonds is 13. The summed E-state index contributed by atoms with van der Waals surface area (Å²) < 4.78 is 17.9. The minimum atomic E-state index is -4.64. The SMILES string of the molecule is CC(O)CP(OC(=O)[C@@H](OC(=O)c1ccccc1)[C@H](OC(=O)c1ccccc1)C(=O)O)(c1ccccc1)(c1ccccc1)c1ccccc1. The van der Waals surface area contributed by atoms with Crippen molar-refractivity contribution in [2.24, 2.45) is 0 Å². The fraction of sp³-hybridized carbons (Fsp3) is 0.128. The normalized spacial score (nSPS) is 13.8. The summed E-state index contributed by atoms with van der Waals surface area (Å²) in [5.74, 6) is -5.13. The molecule has 10 heteroatoms. The number of benzene rings is 5. The summed E-state index contributed by atoms with van der Waals surface area (Å²) in [5, 5.41) is 23.3. The zero-order valence-electron chi connectivity index (χ0n) is 26.6. The van der Waals surface area contributed by atoms with Crippen molar-refractivity contribution in [2.75, 3.05) is 6.16 Å². The number of carbonyl (C=O) groups excluding carboxylic acids is 3. The van der Waals surface area contributed by atoms with Crippen LogP contribution in [-0.4, -0.2) is 58.6 Å². The number of aliphatic hydroxyl groups is 1. The van der Waals surface area contributed by atoms with Gasteiger partial charge in [0.05, 0.1) is 0 Å². The van der Waals surface area contributed by atoms with Crippen molar-refractivity contribution in [1.82, 2.24) is 0 Å². The molecule has 0 aliphatic carbocycles. The van der Waals surface area contributed by atoms with Gasteiger partial charge in [0.15, 0.2) is 0 Å². The maximum atomic E-state index is 14.9. The topological polar surface area (TPSA) is 136 Å². The summed E-state index contributed by atoms with van der Waals surface area (Å²) in [7, 11) is 0. The fourth-order valence-electron chi connectivity index (χ4n) is 5.93. The molecule has 0 aromatic heterocycles. The summed E-state index contributed by atoms with van der Waals surface area (Å²) in [5.41, 5.74) is 0.0383. The van der Waals surface area contributed by atoms with Crippen LogP contribution in [0, 0.1) is 0 Å². The van der Waals surface area contributed by atoms with Crippen molar-refractivity contribution in [3.63, 3.8) is 0 Å². The van der Waals surface area contributed by atoms with E-state index >= 15 is 0 Å². The van der Waals surface area contributed by atoms with E-state index in [0.29, 0.717) is 15.9 Å². The molecular weight excluding hydrogens is 643 g/mol. The van der Waals surface area contributed by atoms with Gasteiger partial charge in [-0.3, -0.25) is 0 Å². The number of carboxylic acid groups (broad SMARTS) is 1. The standard InChI is InChI=1S/C39H35O9P/c1-28(40)27-49(31-21-11-4-12-22-31,32-23-13-5-14-24-32,33-25-15-6-16-26-33)48-39(45)35(47-38(44)30-19-9-3-10-20-30)34(36(41)42)46-37(43)29-17-7-2-8-18-29/h2-26,28,34-35,40H,27H2,1H3,(H,41,42)/t28?,34-,35-/m0/s1.